The van der Waals surface area contributed by atoms with E-state index in [2.05, 4.69) is 26.6 Å². The summed E-state index contributed by atoms with van der Waals surface area (Å²) in [7, 11) is 3.97. The van der Waals surface area contributed by atoms with Crippen LogP contribution in [0, 0.1) is 5.92 Å². The number of fused-ring (bicyclic) bond motifs is 1. The van der Waals surface area contributed by atoms with Gasteiger partial charge in [-0.1, -0.05) is 0 Å². The topological polar surface area (TPSA) is 40.2 Å². The third-order valence-corrected chi connectivity index (χ3v) is 3.96. The lowest BCUT2D eigenvalue weighted by Crippen LogP contribution is -2.39. The summed E-state index contributed by atoms with van der Waals surface area (Å²) in [4.78, 5) is 6.89. The summed E-state index contributed by atoms with van der Waals surface area (Å²) < 4.78 is 0. The molecule has 1 aliphatic carbocycles. The van der Waals surface area contributed by atoms with Gasteiger partial charge in [0.2, 0.25) is 0 Å². The molecule has 1 aliphatic heterocycles. The highest BCUT2D eigenvalue weighted by molar-refractivity contribution is 5.58. The first-order valence-electron chi connectivity index (χ1n) is 6.39. The molecule has 1 aromatic heterocycles. The van der Waals surface area contributed by atoms with Crippen molar-refractivity contribution in [2.45, 2.75) is 24.9 Å². The van der Waals surface area contributed by atoms with E-state index in [-0.39, 0.29) is 0 Å². The first-order valence-corrected chi connectivity index (χ1v) is 6.39. The predicted octanol–water partition coefficient (Wildman–Crippen LogP) is 1.31. The molecule has 1 saturated carbocycles. The Balaban J connectivity index is 1.85. The van der Waals surface area contributed by atoms with Crippen LogP contribution >= 0.6 is 0 Å². The van der Waals surface area contributed by atoms with Crippen LogP contribution in [0.3, 0.4) is 0 Å². The molecule has 3 unspecified atom stereocenters. The van der Waals surface area contributed by atoms with Crippen LogP contribution in [-0.2, 0) is 0 Å². The fraction of sp³-hybridized carbons (Fsp3) is 0.615. The van der Waals surface area contributed by atoms with Gasteiger partial charge in [0, 0.05) is 25.7 Å². The Labute approximate surface area is 102 Å². The molecule has 0 radical (unpaired) electrons. The predicted molar refractivity (Wildman–Crippen MR) is 70.5 cm³/mol. The zero-order valence-electron chi connectivity index (χ0n) is 10.5. The van der Waals surface area contributed by atoms with E-state index in [1.807, 2.05) is 26.5 Å². The average molecular weight is 232 g/mol. The molecule has 4 nitrogen and oxygen atoms in total. The SMILES string of the molecule is CNCC1CC2CC2N1c1cncc(NC)c1. The highest BCUT2D eigenvalue weighted by Gasteiger charge is 2.51. The third-order valence-electron chi connectivity index (χ3n) is 3.96. The lowest BCUT2D eigenvalue weighted by molar-refractivity contribution is 0.564. The van der Waals surface area contributed by atoms with Crippen molar-refractivity contribution in [3.05, 3.63) is 18.5 Å². The lowest BCUT2D eigenvalue weighted by Gasteiger charge is -2.29. The molecule has 0 bridgehead atoms. The van der Waals surface area contributed by atoms with E-state index in [4.69, 9.17) is 0 Å². The van der Waals surface area contributed by atoms with Crippen molar-refractivity contribution in [3.63, 3.8) is 0 Å². The van der Waals surface area contributed by atoms with Crippen LogP contribution in [0.1, 0.15) is 12.8 Å². The Morgan fingerprint density at radius 1 is 1.35 bits per heavy atom. The molecule has 3 atom stereocenters. The molecule has 0 aromatic carbocycles. The normalized spacial score (nSPS) is 30.2. The van der Waals surface area contributed by atoms with Gasteiger partial charge in [-0.3, -0.25) is 4.98 Å². The number of aromatic nitrogens is 1. The molecule has 0 amide bonds. The summed E-state index contributed by atoms with van der Waals surface area (Å²) >= 11 is 0. The summed E-state index contributed by atoms with van der Waals surface area (Å²) in [6.07, 6.45) is 6.56. The number of pyridine rings is 1. The molecule has 1 saturated heterocycles. The van der Waals surface area contributed by atoms with Crippen molar-refractivity contribution in [2.24, 2.45) is 5.92 Å². The molecule has 1 aromatic rings. The van der Waals surface area contributed by atoms with Gasteiger partial charge in [0.1, 0.15) is 0 Å². The Morgan fingerprint density at radius 3 is 3.00 bits per heavy atom. The maximum Gasteiger partial charge on any atom is 0.0579 e. The standard InChI is InChI=1S/C13H20N4/c1-14-7-11-3-9-4-13(9)17(11)12-5-10(15-2)6-16-8-12/h5-6,8-9,11,13-15H,3-4,7H2,1-2H3. The first-order chi connectivity index (χ1) is 8.33. The molecule has 2 fully saturated rings. The smallest absolute Gasteiger partial charge is 0.0579 e. The highest BCUT2D eigenvalue weighted by Crippen LogP contribution is 2.49. The number of hydrogen-bond donors (Lipinski definition) is 2. The number of nitrogens with zero attached hydrogens (tertiary/aromatic N) is 2. The van der Waals surface area contributed by atoms with Crippen molar-refractivity contribution in [1.29, 1.82) is 0 Å². The molecule has 17 heavy (non-hydrogen) atoms. The van der Waals surface area contributed by atoms with Crippen LogP contribution in [0.15, 0.2) is 18.5 Å². The summed E-state index contributed by atoms with van der Waals surface area (Å²) in [5.74, 6) is 0.923. The largest absolute Gasteiger partial charge is 0.387 e. The maximum absolute atomic E-state index is 4.32. The average Bonchev–Trinajstić information content (AvgIpc) is 3.02. The fourth-order valence-electron chi connectivity index (χ4n) is 3.08. The van der Waals surface area contributed by atoms with Gasteiger partial charge >= 0.3 is 0 Å². The maximum atomic E-state index is 4.32. The molecule has 3 rings (SSSR count). The van der Waals surface area contributed by atoms with Gasteiger partial charge in [-0.2, -0.15) is 0 Å². The molecule has 2 N–H and O–H groups in total. The van der Waals surface area contributed by atoms with Gasteiger partial charge in [0.05, 0.1) is 23.8 Å². The lowest BCUT2D eigenvalue weighted by atomic mass is 10.1. The molecule has 0 spiro atoms. The van der Waals surface area contributed by atoms with Crippen molar-refractivity contribution in [3.8, 4) is 0 Å². The molecular weight excluding hydrogens is 212 g/mol. The van der Waals surface area contributed by atoms with Crippen molar-refractivity contribution in [2.75, 3.05) is 30.9 Å². The molecule has 4 heteroatoms. The van der Waals surface area contributed by atoms with Gasteiger partial charge in [0.15, 0.2) is 0 Å². The number of piperidine rings is 1. The van der Waals surface area contributed by atoms with Gasteiger partial charge in [-0.05, 0) is 31.9 Å². The van der Waals surface area contributed by atoms with E-state index >= 15 is 0 Å². The Morgan fingerprint density at radius 2 is 2.24 bits per heavy atom. The monoisotopic (exact) mass is 232 g/mol. The third kappa shape index (κ3) is 1.86. The number of nitrogens with one attached hydrogen (secondary N) is 2. The van der Waals surface area contributed by atoms with Crippen LogP contribution in [-0.4, -0.2) is 37.7 Å². The number of hydrogen-bond acceptors (Lipinski definition) is 4. The van der Waals surface area contributed by atoms with E-state index < -0.39 is 0 Å². The van der Waals surface area contributed by atoms with Crippen molar-refractivity contribution in [1.82, 2.24) is 10.3 Å². The molecule has 2 heterocycles. The molecule has 2 aliphatic rings. The van der Waals surface area contributed by atoms with E-state index in [1.54, 1.807) is 0 Å². The molecule has 92 valence electrons. The second-order valence-electron chi connectivity index (χ2n) is 5.10. The summed E-state index contributed by atoms with van der Waals surface area (Å²) in [5, 5.41) is 6.46. The van der Waals surface area contributed by atoms with Crippen molar-refractivity contribution < 1.29 is 0 Å². The van der Waals surface area contributed by atoms with Crippen LogP contribution in [0.4, 0.5) is 11.4 Å². The van der Waals surface area contributed by atoms with E-state index in [9.17, 15) is 0 Å². The minimum Gasteiger partial charge on any atom is -0.387 e. The van der Waals surface area contributed by atoms with Crippen molar-refractivity contribution >= 4 is 11.4 Å². The van der Waals surface area contributed by atoms with Gasteiger partial charge in [-0.15, -0.1) is 0 Å². The van der Waals surface area contributed by atoms with Gasteiger partial charge < -0.3 is 15.5 Å². The van der Waals surface area contributed by atoms with Gasteiger partial charge in [0.25, 0.3) is 0 Å². The van der Waals surface area contributed by atoms with Crippen LogP contribution in [0.2, 0.25) is 0 Å². The Bertz CT molecular complexity index is 406. The van der Waals surface area contributed by atoms with Gasteiger partial charge in [-0.25, -0.2) is 0 Å². The number of anilines is 2. The summed E-state index contributed by atoms with van der Waals surface area (Å²) in [6.45, 7) is 1.07. The number of rotatable bonds is 4. The van der Waals surface area contributed by atoms with Crippen LogP contribution in [0.25, 0.3) is 0 Å². The number of likely N-dealkylation sites (N-methyl/N-ethyl adjacent to an activating group) is 1. The minimum atomic E-state index is 0.637. The second kappa shape index (κ2) is 4.18. The van der Waals surface area contributed by atoms with E-state index in [0.29, 0.717) is 6.04 Å². The second-order valence-corrected chi connectivity index (χ2v) is 5.10. The van der Waals surface area contributed by atoms with Crippen LogP contribution in [0.5, 0.6) is 0 Å². The van der Waals surface area contributed by atoms with E-state index in [0.717, 1.165) is 24.2 Å². The zero-order chi connectivity index (χ0) is 11.8. The molecular formula is C13H20N4. The highest BCUT2D eigenvalue weighted by atomic mass is 15.3. The van der Waals surface area contributed by atoms with E-state index in [1.165, 1.54) is 18.5 Å². The quantitative estimate of drug-likeness (QED) is 0.821. The Hall–Kier alpha value is -1.29. The first kappa shape index (κ1) is 10.8. The minimum absolute atomic E-state index is 0.637. The Kier molecular flexibility index (Phi) is 2.67. The fourth-order valence-corrected chi connectivity index (χ4v) is 3.08. The van der Waals surface area contributed by atoms with Crippen LogP contribution < -0.4 is 15.5 Å². The summed E-state index contributed by atoms with van der Waals surface area (Å²) in [6, 6.07) is 3.61. The zero-order valence-corrected chi connectivity index (χ0v) is 10.5. The summed E-state index contributed by atoms with van der Waals surface area (Å²) in [5.41, 5.74) is 2.36.